The fraction of sp³-hybridized carbons (Fsp3) is 0.222. The Hall–Kier alpha value is -4.00. The molecule has 0 atom stereocenters. The van der Waals surface area contributed by atoms with Crippen LogP contribution in [0, 0.1) is 19.7 Å². The largest absolute Gasteiger partial charge is 0.332 e. The fourth-order valence-corrected chi connectivity index (χ4v) is 5.01. The molecular formula is C27H24FN5O. The highest BCUT2D eigenvalue weighted by atomic mass is 19.1. The van der Waals surface area contributed by atoms with Gasteiger partial charge in [0.25, 0.3) is 5.91 Å². The van der Waals surface area contributed by atoms with E-state index in [1.807, 2.05) is 36.6 Å². The Bertz CT molecular complexity index is 1600. The molecule has 6 nitrogen and oxygen atoms in total. The molecule has 34 heavy (non-hydrogen) atoms. The van der Waals surface area contributed by atoms with Gasteiger partial charge in [-0.3, -0.25) is 4.79 Å². The zero-order valence-corrected chi connectivity index (χ0v) is 19.1. The zero-order valence-electron chi connectivity index (χ0n) is 19.1. The van der Waals surface area contributed by atoms with Crippen LogP contribution < -0.4 is 5.32 Å². The second-order valence-corrected chi connectivity index (χ2v) is 9.01. The van der Waals surface area contributed by atoms with E-state index in [0.29, 0.717) is 17.9 Å². The number of hydrogen-bond acceptors (Lipinski definition) is 3. The highest BCUT2D eigenvalue weighted by Gasteiger charge is 2.21. The van der Waals surface area contributed by atoms with E-state index in [4.69, 9.17) is 0 Å². The molecule has 0 fully saturated rings. The van der Waals surface area contributed by atoms with E-state index in [1.165, 1.54) is 12.1 Å². The van der Waals surface area contributed by atoms with Crippen LogP contribution in [0.5, 0.6) is 0 Å². The van der Waals surface area contributed by atoms with Crippen LogP contribution in [-0.4, -0.2) is 25.0 Å². The Morgan fingerprint density at radius 1 is 1.12 bits per heavy atom. The number of imidazole rings is 1. The first kappa shape index (κ1) is 20.6. The molecule has 0 saturated carbocycles. The lowest BCUT2D eigenvalue weighted by Crippen LogP contribution is -2.18. The standard InChI is InChI=1S/C27H24FN5O/c1-16-8-9-17(2)25-21(16)13-23(33(25)15-18-5-3-6-19(28)11-18)27(34)30-20-12-22-26(29-14-20)32-10-4-7-24(32)31-22/h3,5-6,8-9,11-14H,4,7,10,15H2,1-2H3,(H,30,34). The Morgan fingerprint density at radius 3 is 2.82 bits per heavy atom. The van der Waals surface area contributed by atoms with E-state index >= 15 is 0 Å². The summed E-state index contributed by atoms with van der Waals surface area (Å²) in [5.74, 6) is 0.519. The zero-order chi connectivity index (χ0) is 23.4. The summed E-state index contributed by atoms with van der Waals surface area (Å²) in [7, 11) is 0. The van der Waals surface area contributed by atoms with E-state index in [2.05, 4.69) is 32.0 Å². The van der Waals surface area contributed by atoms with Crippen LogP contribution >= 0.6 is 0 Å². The Labute approximate surface area is 196 Å². The molecule has 1 aliphatic heterocycles. The van der Waals surface area contributed by atoms with Gasteiger partial charge in [0.2, 0.25) is 0 Å². The molecule has 0 spiro atoms. The molecule has 2 aromatic carbocycles. The molecule has 3 aromatic heterocycles. The lowest BCUT2D eigenvalue weighted by molar-refractivity contribution is 0.101. The van der Waals surface area contributed by atoms with Gasteiger partial charge in [0.15, 0.2) is 5.65 Å². The number of carbonyl (C=O) groups excluding carboxylic acids is 1. The number of benzene rings is 2. The summed E-state index contributed by atoms with van der Waals surface area (Å²) < 4.78 is 18.0. The summed E-state index contributed by atoms with van der Waals surface area (Å²) in [6.07, 6.45) is 3.73. The van der Waals surface area contributed by atoms with Crippen molar-refractivity contribution in [2.75, 3.05) is 5.32 Å². The normalized spacial score (nSPS) is 13.0. The van der Waals surface area contributed by atoms with Gasteiger partial charge < -0.3 is 14.5 Å². The van der Waals surface area contributed by atoms with Crippen molar-refractivity contribution in [2.24, 2.45) is 0 Å². The maximum absolute atomic E-state index is 13.9. The van der Waals surface area contributed by atoms with Crippen LogP contribution in [0.2, 0.25) is 0 Å². The monoisotopic (exact) mass is 453 g/mol. The molecule has 7 heteroatoms. The molecule has 0 aliphatic carbocycles. The van der Waals surface area contributed by atoms with Crippen molar-refractivity contribution in [3.8, 4) is 0 Å². The molecule has 0 saturated heterocycles. The second kappa shape index (κ2) is 7.80. The van der Waals surface area contributed by atoms with Gasteiger partial charge in [-0.1, -0.05) is 24.3 Å². The molecule has 1 amide bonds. The average Bonchev–Trinajstić information content (AvgIpc) is 3.50. The number of nitrogens with zero attached hydrogens (tertiary/aromatic N) is 4. The molecule has 1 N–H and O–H groups in total. The van der Waals surface area contributed by atoms with Crippen LogP contribution in [0.1, 0.15) is 39.4 Å². The summed E-state index contributed by atoms with van der Waals surface area (Å²) in [6.45, 7) is 5.38. The first-order valence-electron chi connectivity index (χ1n) is 11.5. The van der Waals surface area contributed by atoms with Gasteiger partial charge in [0.05, 0.1) is 17.4 Å². The van der Waals surface area contributed by atoms with Crippen LogP contribution in [-0.2, 0) is 19.5 Å². The topological polar surface area (TPSA) is 64.7 Å². The van der Waals surface area contributed by atoms with Gasteiger partial charge >= 0.3 is 0 Å². The van der Waals surface area contributed by atoms with Crippen molar-refractivity contribution in [2.45, 2.75) is 39.8 Å². The number of rotatable bonds is 4. The van der Waals surface area contributed by atoms with Gasteiger partial charge in [-0.2, -0.15) is 0 Å². The number of aryl methyl sites for hydroxylation is 4. The second-order valence-electron chi connectivity index (χ2n) is 9.01. The third kappa shape index (κ3) is 3.36. The number of halogens is 1. The maximum atomic E-state index is 13.9. The molecule has 0 unspecified atom stereocenters. The van der Waals surface area contributed by atoms with E-state index in [-0.39, 0.29) is 11.7 Å². The van der Waals surface area contributed by atoms with Crippen molar-refractivity contribution in [1.29, 1.82) is 0 Å². The minimum atomic E-state index is -0.292. The molecule has 5 aromatic rings. The van der Waals surface area contributed by atoms with Gasteiger partial charge in [0.1, 0.15) is 22.9 Å². The van der Waals surface area contributed by atoms with Gasteiger partial charge in [-0.05, 0) is 61.2 Å². The molecular weight excluding hydrogens is 429 g/mol. The van der Waals surface area contributed by atoms with Crippen molar-refractivity contribution in [1.82, 2.24) is 19.1 Å². The Morgan fingerprint density at radius 2 is 1.97 bits per heavy atom. The lowest BCUT2D eigenvalue weighted by atomic mass is 10.1. The van der Waals surface area contributed by atoms with E-state index in [0.717, 1.165) is 64.0 Å². The predicted molar refractivity (Wildman–Crippen MR) is 131 cm³/mol. The third-order valence-corrected chi connectivity index (χ3v) is 6.64. The number of pyridine rings is 1. The molecule has 0 bridgehead atoms. The van der Waals surface area contributed by atoms with Crippen molar-refractivity contribution in [3.63, 3.8) is 0 Å². The van der Waals surface area contributed by atoms with Crippen LogP contribution in [0.25, 0.3) is 22.1 Å². The number of anilines is 1. The molecule has 6 rings (SSSR count). The van der Waals surface area contributed by atoms with Crippen molar-refractivity contribution >= 4 is 33.7 Å². The molecule has 1 aliphatic rings. The minimum absolute atomic E-state index is 0.237. The first-order chi connectivity index (χ1) is 16.5. The van der Waals surface area contributed by atoms with Gasteiger partial charge in [-0.25, -0.2) is 14.4 Å². The van der Waals surface area contributed by atoms with E-state index in [9.17, 15) is 9.18 Å². The average molecular weight is 454 g/mol. The van der Waals surface area contributed by atoms with Crippen LogP contribution in [0.3, 0.4) is 0 Å². The Kier molecular flexibility index (Phi) is 4.72. The Balaban J connectivity index is 1.41. The van der Waals surface area contributed by atoms with Crippen molar-refractivity contribution in [3.05, 3.63) is 88.8 Å². The third-order valence-electron chi connectivity index (χ3n) is 6.64. The van der Waals surface area contributed by atoms with Crippen LogP contribution in [0.15, 0.2) is 54.7 Å². The van der Waals surface area contributed by atoms with Crippen molar-refractivity contribution < 1.29 is 9.18 Å². The minimum Gasteiger partial charge on any atom is -0.332 e. The molecule has 4 heterocycles. The summed E-state index contributed by atoms with van der Waals surface area (Å²) in [4.78, 5) is 22.8. The summed E-state index contributed by atoms with van der Waals surface area (Å²) in [6, 6.07) is 14.4. The smallest absolute Gasteiger partial charge is 0.272 e. The highest BCUT2D eigenvalue weighted by molar-refractivity contribution is 6.07. The fourth-order valence-electron chi connectivity index (χ4n) is 5.01. The number of nitrogens with one attached hydrogen (secondary N) is 1. The van der Waals surface area contributed by atoms with E-state index < -0.39 is 0 Å². The molecule has 0 radical (unpaired) electrons. The summed E-state index contributed by atoms with van der Waals surface area (Å²) >= 11 is 0. The lowest BCUT2D eigenvalue weighted by Gasteiger charge is -2.13. The number of amides is 1. The summed E-state index contributed by atoms with van der Waals surface area (Å²) in [5, 5.41) is 4.02. The van der Waals surface area contributed by atoms with Gasteiger partial charge in [0, 0.05) is 24.9 Å². The number of fused-ring (bicyclic) bond motifs is 4. The quantitative estimate of drug-likeness (QED) is 0.397. The number of carbonyl (C=O) groups is 1. The number of hydrogen-bond donors (Lipinski definition) is 1. The van der Waals surface area contributed by atoms with E-state index in [1.54, 1.807) is 12.3 Å². The van der Waals surface area contributed by atoms with Gasteiger partial charge in [-0.15, -0.1) is 0 Å². The predicted octanol–water partition coefficient (Wildman–Crippen LogP) is 5.39. The molecule has 170 valence electrons. The SMILES string of the molecule is Cc1ccc(C)c2c1cc(C(=O)Nc1cnc3c(c1)nc1n3CCC1)n2Cc1cccc(F)c1. The van der Waals surface area contributed by atoms with Crippen LogP contribution in [0.4, 0.5) is 10.1 Å². The maximum Gasteiger partial charge on any atom is 0.272 e. The highest BCUT2D eigenvalue weighted by Crippen LogP contribution is 2.29. The first-order valence-corrected chi connectivity index (χ1v) is 11.5. The summed E-state index contributed by atoms with van der Waals surface area (Å²) in [5.41, 5.74) is 6.69. The number of aromatic nitrogens is 4.